The predicted octanol–water partition coefficient (Wildman–Crippen LogP) is 4.88. The number of likely N-dealkylation sites (tertiary alicyclic amines) is 1. The number of benzene rings is 1. The van der Waals surface area contributed by atoms with Gasteiger partial charge in [-0.3, -0.25) is 4.79 Å². The lowest BCUT2D eigenvalue weighted by molar-refractivity contribution is -0.121. The third-order valence-electron chi connectivity index (χ3n) is 6.11. The first-order chi connectivity index (χ1) is 12.7. The monoisotopic (exact) mass is 357 g/mol. The van der Waals surface area contributed by atoms with Gasteiger partial charge in [0.2, 0.25) is 0 Å². The highest BCUT2D eigenvalue weighted by molar-refractivity contribution is 5.79. The number of ether oxygens (including phenoxy) is 1. The quantitative estimate of drug-likeness (QED) is 0.651. The Morgan fingerprint density at radius 1 is 1.04 bits per heavy atom. The molecule has 1 aliphatic carbocycles. The summed E-state index contributed by atoms with van der Waals surface area (Å²) in [5.74, 6) is 3.00. The van der Waals surface area contributed by atoms with Crippen LogP contribution in [0.25, 0.3) is 0 Å². The zero-order valence-corrected chi connectivity index (χ0v) is 16.4. The number of carbonyl (C=O) groups excluding carboxylic acids is 1. The molecule has 0 radical (unpaired) electrons. The standard InChI is InChI=1S/C23H35NO2/c1-19-4-2-14-24(16-13-19)15-3-17-26-23-11-7-21(8-12-23)18-20-5-9-22(25)10-6-20/h7-8,11-12,19-20H,2-6,9-10,13-18H2,1H3/t19-/m0/s1. The van der Waals surface area contributed by atoms with Gasteiger partial charge in [0.05, 0.1) is 6.61 Å². The Kier molecular flexibility index (Phi) is 7.55. The molecule has 1 aromatic carbocycles. The van der Waals surface area contributed by atoms with Crippen molar-refractivity contribution >= 4 is 5.78 Å². The van der Waals surface area contributed by atoms with Crippen LogP contribution in [-0.4, -0.2) is 36.9 Å². The summed E-state index contributed by atoms with van der Waals surface area (Å²) in [5, 5.41) is 0. The summed E-state index contributed by atoms with van der Waals surface area (Å²) in [6, 6.07) is 8.61. The first kappa shape index (κ1) is 19.4. The molecule has 26 heavy (non-hydrogen) atoms. The van der Waals surface area contributed by atoms with E-state index in [2.05, 4.69) is 36.1 Å². The van der Waals surface area contributed by atoms with Crippen molar-refractivity contribution in [2.24, 2.45) is 11.8 Å². The lowest BCUT2D eigenvalue weighted by atomic mass is 9.84. The maximum absolute atomic E-state index is 11.3. The van der Waals surface area contributed by atoms with Crippen LogP contribution in [0.5, 0.6) is 5.75 Å². The van der Waals surface area contributed by atoms with Crippen LogP contribution in [0.3, 0.4) is 0 Å². The summed E-state index contributed by atoms with van der Waals surface area (Å²) in [7, 11) is 0. The second-order valence-electron chi connectivity index (χ2n) is 8.41. The van der Waals surface area contributed by atoms with E-state index in [0.717, 1.165) is 63.3 Å². The highest BCUT2D eigenvalue weighted by Gasteiger charge is 2.18. The Hall–Kier alpha value is -1.35. The van der Waals surface area contributed by atoms with Gasteiger partial charge in [-0.1, -0.05) is 19.1 Å². The molecule has 3 heteroatoms. The van der Waals surface area contributed by atoms with Crippen LogP contribution in [0.1, 0.15) is 63.9 Å². The number of carbonyl (C=O) groups is 1. The smallest absolute Gasteiger partial charge is 0.132 e. The second-order valence-corrected chi connectivity index (χ2v) is 8.41. The Balaban J connectivity index is 1.33. The van der Waals surface area contributed by atoms with E-state index in [9.17, 15) is 4.79 Å². The van der Waals surface area contributed by atoms with Gasteiger partial charge in [0.1, 0.15) is 11.5 Å². The van der Waals surface area contributed by atoms with Crippen LogP contribution in [-0.2, 0) is 11.2 Å². The van der Waals surface area contributed by atoms with Gasteiger partial charge in [-0.15, -0.1) is 0 Å². The van der Waals surface area contributed by atoms with E-state index >= 15 is 0 Å². The summed E-state index contributed by atoms with van der Waals surface area (Å²) in [6.07, 6.45) is 9.96. The predicted molar refractivity (Wildman–Crippen MR) is 107 cm³/mol. The topological polar surface area (TPSA) is 29.5 Å². The normalized spacial score (nSPS) is 23.0. The summed E-state index contributed by atoms with van der Waals surface area (Å²) in [6.45, 7) is 6.85. The van der Waals surface area contributed by atoms with Crippen molar-refractivity contribution in [3.05, 3.63) is 29.8 Å². The van der Waals surface area contributed by atoms with Gasteiger partial charge in [0.25, 0.3) is 0 Å². The zero-order valence-electron chi connectivity index (χ0n) is 16.4. The highest BCUT2D eigenvalue weighted by Crippen LogP contribution is 2.26. The van der Waals surface area contributed by atoms with Crippen LogP contribution in [0.15, 0.2) is 24.3 Å². The molecular weight excluding hydrogens is 322 g/mol. The number of ketones is 1. The van der Waals surface area contributed by atoms with Crippen molar-refractivity contribution in [3.8, 4) is 5.75 Å². The first-order valence-electron chi connectivity index (χ1n) is 10.6. The Morgan fingerprint density at radius 3 is 2.58 bits per heavy atom. The molecule has 0 spiro atoms. The Labute approximate surface area is 159 Å². The fraction of sp³-hybridized carbons (Fsp3) is 0.696. The summed E-state index contributed by atoms with van der Waals surface area (Å²) < 4.78 is 5.94. The molecule has 144 valence electrons. The lowest BCUT2D eigenvalue weighted by Gasteiger charge is -2.21. The molecule has 1 aliphatic heterocycles. The molecule has 0 amide bonds. The van der Waals surface area contributed by atoms with Crippen LogP contribution < -0.4 is 4.74 Å². The molecule has 0 unspecified atom stereocenters. The molecule has 2 fully saturated rings. The number of nitrogens with zero attached hydrogens (tertiary/aromatic N) is 1. The molecule has 0 N–H and O–H groups in total. The van der Waals surface area contributed by atoms with Gasteiger partial charge in [0, 0.05) is 19.4 Å². The second kappa shape index (κ2) is 10.1. The van der Waals surface area contributed by atoms with Crippen molar-refractivity contribution in [2.45, 2.75) is 64.7 Å². The van der Waals surface area contributed by atoms with Crippen molar-refractivity contribution in [1.82, 2.24) is 4.90 Å². The molecule has 3 nitrogen and oxygen atoms in total. The fourth-order valence-electron chi connectivity index (χ4n) is 4.28. The van der Waals surface area contributed by atoms with E-state index in [1.165, 1.54) is 37.9 Å². The molecule has 1 saturated heterocycles. The maximum Gasteiger partial charge on any atom is 0.132 e. The van der Waals surface area contributed by atoms with E-state index in [1.807, 2.05) is 0 Å². The summed E-state index contributed by atoms with van der Waals surface area (Å²) >= 11 is 0. The summed E-state index contributed by atoms with van der Waals surface area (Å²) in [4.78, 5) is 13.9. The first-order valence-corrected chi connectivity index (χ1v) is 10.6. The van der Waals surface area contributed by atoms with Crippen LogP contribution in [0.2, 0.25) is 0 Å². The van der Waals surface area contributed by atoms with Crippen molar-refractivity contribution < 1.29 is 9.53 Å². The van der Waals surface area contributed by atoms with E-state index in [4.69, 9.17) is 4.74 Å². The SMILES string of the molecule is C[C@H]1CCCN(CCCOc2ccc(CC3CCC(=O)CC3)cc2)CC1. The molecule has 1 atom stereocenters. The third-order valence-corrected chi connectivity index (χ3v) is 6.11. The number of Topliss-reactive ketones (excluding diaryl/α,β-unsaturated/α-hetero) is 1. The van der Waals surface area contributed by atoms with E-state index < -0.39 is 0 Å². The van der Waals surface area contributed by atoms with Gasteiger partial charge >= 0.3 is 0 Å². The van der Waals surface area contributed by atoms with Crippen LogP contribution in [0.4, 0.5) is 0 Å². The molecular formula is C23H35NO2. The third kappa shape index (κ3) is 6.42. The van der Waals surface area contributed by atoms with Gasteiger partial charge in [-0.05, 0) is 87.6 Å². The average molecular weight is 358 g/mol. The van der Waals surface area contributed by atoms with Gasteiger partial charge < -0.3 is 9.64 Å². The van der Waals surface area contributed by atoms with Gasteiger partial charge in [-0.25, -0.2) is 0 Å². The summed E-state index contributed by atoms with van der Waals surface area (Å²) in [5.41, 5.74) is 1.37. The number of rotatable bonds is 7. The van der Waals surface area contributed by atoms with E-state index in [0.29, 0.717) is 11.7 Å². The fourth-order valence-corrected chi connectivity index (χ4v) is 4.28. The van der Waals surface area contributed by atoms with Crippen molar-refractivity contribution in [1.29, 1.82) is 0 Å². The van der Waals surface area contributed by atoms with E-state index in [1.54, 1.807) is 0 Å². The lowest BCUT2D eigenvalue weighted by Crippen LogP contribution is -2.27. The molecule has 2 aliphatic rings. The molecule has 0 aromatic heterocycles. The zero-order chi connectivity index (χ0) is 18.2. The minimum absolute atomic E-state index is 0.444. The molecule has 3 rings (SSSR count). The highest BCUT2D eigenvalue weighted by atomic mass is 16.5. The Bertz CT molecular complexity index is 544. The van der Waals surface area contributed by atoms with Crippen molar-refractivity contribution in [2.75, 3.05) is 26.2 Å². The average Bonchev–Trinajstić information content (AvgIpc) is 2.86. The van der Waals surface area contributed by atoms with Crippen molar-refractivity contribution in [3.63, 3.8) is 0 Å². The number of hydrogen-bond acceptors (Lipinski definition) is 3. The Morgan fingerprint density at radius 2 is 1.81 bits per heavy atom. The maximum atomic E-state index is 11.3. The largest absolute Gasteiger partial charge is 0.494 e. The van der Waals surface area contributed by atoms with Crippen LogP contribution >= 0.6 is 0 Å². The number of hydrogen-bond donors (Lipinski definition) is 0. The molecule has 1 heterocycles. The minimum atomic E-state index is 0.444. The molecule has 1 aromatic rings. The van der Waals surface area contributed by atoms with Gasteiger partial charge in [-0.2, -0.15) is 0 Å². The minimum Gasteiger partial charge on any atom is -0.494 e. The molecule has 0 bridgehead atoms. The van der Waals surface area contributed by atoms with Crippen LogP contribution in [0, 0.1) is 11.8 Å². The van der Waals surface area contributed by atoms with Gasteiger partial charge in [0.15, 0.2) is 0 Å². The molecule has 1 saturated carbocycles. The van der Waals surface area contributed by atoms with E-state index in [-0.39, 0.29) is 0 Å².